The molecule has 17 heavy (non-hydrogen) atoms. The molecule has 1 aliphatic heterocycles. The second-order valence-corrected chi connectivity index (χ2v) is 5.06. The van der Waals surface area contributed by atoms with E-state index in [1.54, 1.807) is 0 Å². The predicted molar refractivity (Wildman–Crippen MR) is 88.6 cm³/mol. The summed E-state index contributed by atoms with van der Waals surface area (Å²) in [5.41, 5.74) is 5.79. The fourth-order valence-electron chi connectivity index (χ4n) is 2.06. The highest BCUT2D eigenvalue weighted by Crippen LogP contribution is 2.16. The van der Waals surface area contributed by atoms with Gasteiger partial charge in [0.05, 0.1) is 6.54 Å². The lowest BCUT2D eigenvalue weighted by molar-refractivity contribution is 0.273. The molecule has 4 nitrogen and oxygen atoms in total. The summed E-state index contributed by atoms with van der Waals surface area (Å²) in [5, 5.41) is 3.13. The van der Waals surface area contributed by atoms with Crippen molar-refractivity contribution >= 4 is 41.7 Å². The first-order valence-electron chi connectivity index (χ1n) is 6.04. The maximum absolute atomic E-state index is 5.79. The Balaban J connectivity index is 0.00000256. The summed E-state index contributed by atoms with van der Waals surface area (Å²) < 4.78 is 0. The topological polar surface area (TPSA) is 53.6 Å². The lowest BCUT2D eigenvalue weighted by Gasteiger charge is -2.20. The van der Waals surface area contributed by atoms with Gasteiger partial charge >= 0.3 is 0 Å². The molecule has 0 radical (unpaired) electrons. The Labute approximate surface area is 126 Å². The molecule has 0 aromatic heterocycles. The van der Waals surface area contributed by atoms with E-state index in [0.717, 1.165) is 25.4 Å². The number of thioether (sulfide) groups is 1. The number of nitrogens with zero attached hydrogens (tertiary/aromatic N) is 2. The van der Waals surface area contributed by atoms with Crippen molar-refractivity contribution in [2.75, 3.05) is 38.2 Å². The molecule has 0 bridgehead atoms. The fraction of sp³-hybridized carbons (Fsp3) is 0.909. The van der Waals surface area contributed by atoms with Gasteiger partial charge in [-0.05, 0) is 32.2 Å². The molecule has 0 aromatic carbocycles. The molecule has 102 valence electrons. The van der Waals surface area contributed by atoms with Crippen LogP contribution in [0.15, 0.2) is 4.99 Å². The quantitative estimate of drug-likeness (QED) is 0.320. The number of nitrogens with two attached hydrogens (primary N) is 1. The summed E-state index contributed by atoms with van der Waals surface area (Å²) in [5.74, 6) is 1.66. The molecule has 1 saturated heterocycles. The summed E-state index contributed by atoms with van der Waals surface area (Å²) in [6.45, 7) is 6.29. The minimum absolute atomic E-state index is 0. The monoisotopic (exact) mass is 372 g/mol. The number of aliphatic imine (C=N–C) groups is 1. The van der Waals surface area contributed by atoms with Crippen LogP contribution in [0.2, 0.25) is 0 Å². The van der Waals surface area contributed by atoms with Crippen molar-refractivity contribution in [3.63, 3.8) is 0 Å². The van der Waals surface area contributed by atoms with E-state index < -0.39 is 0 Å². The normalized spacial score (nSPS) is 21.3. The van der Waals surface area contributed by atoms with Gasteiger partial charge in [0.2, 0.25) is 0 Å². The molecule has 1 unspecified atom stereocenters. The molecule has 0 amide bonds. The van der Waals surface area contributed by atoms with Gasteiger partial charge in [-0.3, -0.25) is 9.89 Å². The summed E-state index contributed by atoms with van der Waals surface area (Å²) in [6, 6.07) is 0.603. The number of rotatable bonds is 6. The first-order valence-corrected chi connectivity index (χ1v) is 7.44. The van der Waals surface area contributed by atoms with E-state index in [-0.39, 0.29) is 24.0 Å². The van der Waals surface area contributed by atoms with Gasteiger partial charge in [-0.15, -0.1) is 24.0 Å². The molecule has 1 aliphatic rings. The maximum atomic E-state index is 5.79. The van der Waals surface area contributed by atoms with Crippen LogP contribution in [0.5, 0.6) is 0 Å². The summed E-state index contributed by atoms with van der Waals surface area (Å²) in [6.07, 6.45) is 4.65. The number of halogens is 1. The van der Waals surface area contributed by atoms with Crippen LogP contribution in [0.25, 0.3) is 0 Å². The first kappa shape index (κ1) is 17.3. The van der Waals surface area contributed by atoms with Crippen LogP contribution in [-0.2, 0) is 0 Å². The highest BCUT2D eigenvalue weighted by atomic mass is 127. The molecule has 0 aromatic rings. The van der Waals surface area contributed by atoms with Gasteiger partial charge in [-0.25, -0.2) is 0 Å². The van der Waals surface area contributed by atoms with Crippen LogP contribution in [0.3, 0.4) is 0 Å². The van der Waals surface area contributed by atoms with Gasteiger partial charge in [-0.1, -0.05) is 6.92 Å². The second kappa shape index (κ2) is 10.3. The van der Waals surface area contributed by atoms with Gasteiger partial charge in [0.25, 0.3) is 0 Å². The van der Waals surface area contributed by atoms with Gasteiger partial charge in [0.15, 0.2) is 5.96 Å². The van der Waals surface area contributed by atoms with Gasteiger partial charge in [0.1, 0.15) is 0 Å². The number of guanidine groups is 1. The number of likely N-dealkylation sites (N-methyl/N-ethyl adjacent to an activating group) is 1. The standard InChI is InChI=1S/C11H24N4S.HI/c1-3-15-7-4-5-10(15)9-14-11(12)13-6-8-16-2;/h10H,3-9H2,1-2H3,(H3,12,13,14);1H. The third-order valence-corrected chi connectivity index (χ3v) is 3.60. The summed E-state index contributed by atoms with van der Waals surface area (Å²) in [7, 11) is 0. The van der Waals surface area contributed by atoms with Gasteiger partial charge in [-0.2, -0.15) is 11.8 Å². The predicted octanol–water partition coefficient (Wildman–Crippen LogP) is 1.36. The van der Waals surface area contributed by atoms with E-state index in [1.165, 1.54) is 19.4 Å². The third-order valence-electron chi connectivity index (χ3n) is 2.99. The maximum Gasteiger partial charge on any atom is 0.188 e. The van der Waals surface area contributed by atoms with E-state index in [9.17, 15) is 0 Å². The third kappa shape index (κ3) is 6.71. The Morgan fingerprint density at radius 3 is 3.00 bits per heavy atom. The van der Waals surface area contributed by atoms with E-state index >= 15 is 0 Å². The zero-order valence-corrected chi connectivity index (χ0v) is 14.0. The smallest absolute Gasteiger partial charge is 0.188 e. The van der Waals surface area contributed by atoms with E-state index in [1.807, 2.05) is 11.8 Å². The molecular formula is C11H25IN4S. The molecule has 1 rings (SSSR count). The van der Waals surface area contributed by atoms with Gasteiger partial charge < -0.3 is 11.1 Å². The Bertz CT molecular complexity index is 226. The Morgan fingerprint density at radius 1 is 1.59 bits per heavy atom. The molecule has 0 saturated carbocycles. The second-order valence-electron chi connectivity index (χ2n) is 4.07. The van der Waals surface area contributed by atoms with Crippen molar-refractivity contribution in [2.24, 2.45) is 10.7 Å². The van der Waals surface area contributed by atoms with Gasteiger partial charge in [0, 0.05) is 18.3 Å². The van der Waals surface area contributed by atoms with E-state index in [0.29, 0.717) is 12.0 Å². The average Bonchev–Trinajstić information content (AvgIpc) is 2.74. The molecule has 3 N–H and O–H groups in total. The van der Waals surface area contributed by atoms with Crippen molar-refractivity contribution < 1.29 is 0 Å². The molecule has 0 aliphatic carbocycles. The van der Waals surface area contributed by atoms with Crippen molar-refractivity contribution in [1.29, 1.82) is 0 Å². The zero-order valence-electron chi connectivity index (χ0n) is 10.8. The lowest BCUT2D eigenvalue weighted by atomic mass is 10.2. The lowest BCUT2D eigenvalue weighted by Crippen LogP contribution is -2.36. The molecule has 1 atom stereocenters. The Hall–Kier alpha value is 0.310. The van der Waals surface area contributed by atoms with Crippen molar-refractivity contribution in [1.82, 2.24) is 10.2 Å². The number of hydrogen-bond donors (Lipinski definition) is 2. The fourth-order valence-corrected chi connectivity index (χ4v) is 2.37. The number of likely N-dealkylation sites (tertiary alicyclic amines) is 1. The molecule has 0 spiro atoms. The van der Waals surface area contributed by atoms with Crippen LogP contribution in [0.1, 0.15) is 19.8 Å². The van der Waals surface area contributed by atoms with E-state index in [2.05, 4.69) is 28.4 Å². The first-order chi connectivity index (χ1) is 7.77. The van der Waals surface area contributed by atoms with Crippen LogP contribution < -0.4 is 11.1 Å². The van der Waals surface area contributed by atoms with Crippen molar-refractivity contribution in [3.8, 4) is 0 Å². The SMILES string of the molecule is CCN1CCCC1CN=C(N)NCCSC.I. The number of hydrogen-bond acceptors (Lipinski definition) is 3. The molecular weight excluding hydrogens is 347 g/mol. The highest BCUT2D eigenvalue weighted by molar-refractivity contribution is 14.0. The van der Waals surface area contributed by atoms with Crippen molar-refractivity contribution in [3.05, 3.63) is 0 Å². The zero-order chi connectivity index (χ0) is 11.8. The molecule has 1 heterocycles. The highest BCUT2D eigenvalue weighted by Gasteiger charge is 2.22. The summed E-state index contributed by atoms with van der Waals surface area (Å²) >= 11 is 1.81. The van der Waals surface area contributed by atoms with Crippen molar-refractivity contribution in [2.45, 2.75) is 25.8 Å². The van der Waals surface area contributed by atoms with Crippen LogP contribution in [0, 0.1) is 0 Å². The van der Waals surface area contributed by atoms with Crippen LogP contribution in [-0.4, -0.2) is 55.1 Å². The largest absolute Gasteiger partial charge is 0.370 e. The van der Waals surface area contributed by atoms with E-state index in [4.69, 9.17) is 5.73 Å². The minimum atomic E-state index is 0. The Kier molecular flexibility index (Phi) is 10.4. The average molecular weight is 372 g/mol. The molecule has 1 fully saturated rings. The Morgan fingerprint density at radius 2 is 2.35 bits per heavy atom. The number of nitrogens with one attached hydrogen (secondary N) is 1. The minimum Gasteiger partial charge on any atom is -0.370 e. The van der Waals surface area contributed by atoms with Crippen LogP contribution >= 0.6 is 35.7 Å². The molecule has 6 heteroatoms. The summed E-state index contributed by atoms with van der Waals surface area (Å²) in [4.78, 5) is 6.89. The van der Waals surface area contributed by atoms with Crippen LogP contribution in [0.4, 0.5) is 0 Å².